The third kappa shape index (κ3) is 2.57. The van der Waals surface area contributed by atoms with Crippen LogP contribution in [0.25, 0.3) is 0 Å². The maximum Gasteiger partial charge on any atom is 0.191 e. The first-order valence-electron chi connectivity index (χ1n) is 8.83. The quantitative estimate of drug-likeness (QED) is 0.909. The fourth-order valence-corrected chi connectivity index (χ4v) is 4.28. The Morgan fingerprint density at radius 2 is 1.88 bits per heavy atom. The SMILES string of the molecule is CCCN1CC=C2C(C#N)=C(N)C(C#N)(C#N)C(c3ccccc3)C2C1. The molecule has 1 aromatic carbocycles. The number of benzene rings is 1. The van der Waals surface area contributed by atoms with Crippen molar-refractivity contribution in [2.45, 2.75) is 19.3 Å². The van der Waals surface area contributed by atoms with Gasteiger partial charge in [0, 0.05) is 24.9 Å². The number of fused-ring (bicyclic) bond motifs is 1. The van der Waals surface area contributed by atoms with Gasteiger partial charge in [0.05, 0.1) is 23.4 Å². The van der Waals surface area contributed by atoms with E-state index in [1.807, 2.05) is 36.4 Å². The zero-order chi connectivity index (χ0) is 18.7. The predicted molar refractivity (Wildman–Crippen MR) is 98.0 cm³/mol. The summed E-state index contributed by atoms with van der Waals surface area (Å²) in [5.74, 6) is -0.513. The lowest BCUT2D eigenvalue weighted by atomic mass is 9.58. The van der Waals surface area contributed by atoms with Gasteiger partial charge in [-0.2, -0.15) is 15.8 Å². The molecule has 26 heavy (non-hydrogen) atoms. The highest BCUT2D eigenvalue weighted by Crippen LogP contribution is 2.54. The van der Waals surface area contributed by atoms with E-state index < -0.39 is 11.3 Å². The van der Waals surface area contributed by atoms with Gasteiger partial charge in [0.2, 0.25) is 0 Å². The minimum atomic E-state index is -1.54. The normalized spacial score (nSPS) is 24.6. The molecule has 0 aromatic heterocycles. The molecule has 2 unspecified atom stereocenters. The van der Waals surface area contributed by atoms with Crippen LogP contribution in [0.1, 0.15) is 24.8 Å². The molecule has 0 spiro atoms. The number of allylic oxidation sites excluding steroid dienone is 2. The lowest BCUT2D eigenvalue weighted by molar-refractivity contribution is 0.207. The Balaban J connectivity index is 2.26. The van der Waals surface area contributed by atoms with Crippen molar-refractivity contribution in [3.63, 3.8) is 0 Å². The number of nitrogens with zero attached hydrogens (tertiary/aromatic N) is 4. The molecular weight excluding hydrogens is 322 g/mol. The third-order valence-electron chi connectivity index (χ3n) is 5.44. The molecule has 3 rings (SSSR count). The van der Waals surface area contributed by atoms with Crippen LogP contribution in [-0.4, -0.2) is 24.5 Å². The molecule has 0 saturated carbocycles. The van der Waals surface area contributed by atoms with Crippen LogP contribution >= 0.6 is 0 Å². The van der Waals surface area contributed by atoms with Gasteiger partial charge in [-0.3, -0.25) is 4.90 Å². The second kappa shape index (κ2) is 7.04. The predicted octanol–water partition coefficient (Wildman–Crippen LogP) is 2.82. The summed E-state index contributed by atoms with van der Waals surface area (Å²) in [6, 6.07) is 16.1. The molecule has 5 heteroatoms. The largest absolute Gasteiger partial charge is 0.399 e. The molecule has 2 aliphatic rings. The average molecular weight is 343 g/mol. The summed E-state index contributed by atoms with van der Waals surface area (Å²) < 4.78 is 0. The summed E-state index contributed by atoms with van der Waals surface area (Å²) in [4.78, 5) is 2.31. The molecule has 1 aliphatic heterocycles. The highest BCUT2D eigenvalue weighted by atomic mass is 15.1. The van der Waals surface area contributed by atoms with Crippen LogP contribution in [0, 0.1) is 45.3 Å². The molecule has 1 aromatic rings. The zero-order valence-corrected chi connectivity index (χ0v) is 14.8. The highest BCUT2D eigenvalue weighted by molar-refractivity contribution is 5.59. The number of rotatable bonds is 3. The Hall–Kier alpha value is -3.07. The molecule has 130 valence electrons. The lowest BCUT2D eigenvalue weighted by Gasteiger charge is -2.45. The minimum absolute atomic E-state index is 0.0882. The molecule has 0 bridgehead atoms. The first-order chi connectivity index (χ1) is 12.6. The first kappa shape index (κ1) is 17.7. The van der Waals surface area contributed by atoms with Crippen molar-refractivity contribution in [3.05, 3.63) is 58.8 Å². The van der Waals surface area contributed by atoms with Crippen molar-refractivity contribution in [2.75, 3.05) is 19.6 Å². The van der Waals surface area contributed by atoms with Gasteiger partial charge < -0.3 is 5.73 Å². The number of hydrogen-bond donors (Lipinski definition) is 1. The van der Waals surface area contributed by atoms with Gasteiger partial charge in [0.1, 0.15) is 6.07 Å². The number of nitriles is 3. The van der Waals surface area contributed by atoms with Gasteiger partial charge >= 0.3 is 0 Å². The van der Waals surface area contributed by atoms with E-state index in [0.717, 1.165) is 30.6 Å². The van der Waals surface area contributed by atoms with E-state index in [1.54, 1.807) is 0 Å². The molecule has 0 fully saturated rings. The van der Waals surface area contributed by atoms with E-state index in [4.69, 9.17) is 5.73 Å². The summed E-state index contributed by atoms with van der Waals surface area (Å²) in [6.07, 6.45) is 3.07. The molecule has 0 radical (unpaired) electrons. The monoisotopic (exact) mass is 343 g/mol. The van der Waals surface area contributed by atoms with Crippen molar-refractivity contribution >= 4 is 0 Å². The first-order valence-corrected chi connectivity index (χ1v) is 8.83. The van der Waals surface area contributed by atoms with E-state index in [0.29, 0.717) is 12.1 Å². The maximum absolute atomic E-state index is 9.99. The Kier molecular flexibility index (Phi) is 4.81. The van der Waals surface area contributed by atoms with E-state index >= 15 is 0 Å². The van der Waals surface area contributed by atoms with E-state index in [9.17, 15) is 15.8 Å². The van der Waals surface area contributed by atoms with Crippen LogP contribution in [0.3, 0.4) is 0 Å². The Morgan fingerprint density at radius 1 is 1.19 bits per heavy atom. The standard InChI is InChI=1S/C21H21N5/c1-2-9-26-10-8-16-17(11-22)20(25)21(13-23,14-24)19(18(16)12-26)15-6-4-3-5-7-15/h3-8,18-19H,2,9-10,12,25H2,1H3. The number of nitrogens with two attached hydrogens (primary N) is 1. The molecular formula is C21H21N5. The maximum atomic E-state index is 9.99. The van der Waals surface area contributed by atoms with E-state index in [1.165, 1.54) is 0 Å². The summed E-state index contributed by atoms with van der Waals surface area (Å²) in [6.45, 7) is 4.53. The van der Waals surface area contributed by atoms with E-state index in [-0.39, 0.29) is 11.6 Å². The van der Waals surface area contributed by atoms with Crippen LogP contribution in [0.5, 0.6) is 0 Å². The highest BCUT2D eigenvalue weighted by Gasteiger charge is 2.54. The van der Waals surface area contributed by atoms with Gasteiger partial charge in [-0.15, -0.1) is 0 Å². The van der Waals surface area contributed by atoms with Gasteiger partial charge in [-0.1, -0.05) is 43.3 Å². The molecule has 0 saturated heterocycles. The van der Waals surface area contributed by atoms with Gasteiger partial charge in [-0.05, 0) is 24.1 Å². The van der Waals surface area contributed by atoms with Crippen LogP contribution in [0.15, 0.2) is 53.3 Å². The summed E-state index contributed by atoms with van der Waals surface area (Å²) in [5, 5.41) is 29.7. The molecule has 1 heterocycles. The Labute approximate surface area is 154 Å². The molecule has 0 amide bonds. The Morgan fingerprint density at radius 3 is 2.46 bits per heavy atom. The zero-order valence-electron chi connectivity index (χ0n) is 14.8. The van der Waals surface area contributed by atoms with Gasteiger partial charge in [0.15, 0.2) is 5.41 Å². The lowest BCUT2D eigenvalue weighted by Crippen LogP contribution is -2.48. The van der Waals surface area contributed by atoms with Crippen molar-refractivity contribution in [2.24, 2.45) is 17.1 Å². The summed E-state index contributed by atoms with van der Waals surface area (Å²) in [5.41, 5.74) is 6.92. The fraction of sp³-hybridized carbons (Fsp3) is 0.381. The minimum Gasteiger partial charge on any atom is -0.399 e. The van der Waals surface area contributed by atoms with Gasteiger partial charge in [0.25, 0.3) is 0 Å². The second-order valence-corrected chi connectivity index (χ2v) is 6.85. The number of hydrogen-bond acceptors (Lipinski definition) is 5. The van der Waals surface area contributed by atoms with Crippen molar-refractivity contribution in [1.82, 2.24) is 4.90 Å². The van der Waals surface area contributed by atoms with Crippen LogP contribution in [0.4, 0.5) is 0 Å². The van der Waals surface area contributed by atoms with Crippen LogP contribution < -0.4 is 5.73 Å². The molecule has 2 atom stereocenters. The summed E-state index contributed by atoms with van der Waals surface area (Å²) in [7, 11) is 0. The third-order valence-corrected chi connectivity index (χ3v) is 5.44. The van der Waals surface area contributed by atoms with Crippen molar-refractivity contribution < 1.29 is 0 Å². The van der Waals surface area contributed by atoms with Crippen LogP contribution in [-0.2, 0) is 0 Å². The summed E-state index contributed by atoms with van der Waals surface area (Å²) >= 11 is 0. The van der Waals surface area contributed by atoms with E-state index in [2.05, 4.69) is 30.0 Å². The topological polar surface area (TPSA) is 101 Å². The van der Waals surface area contributed by atoms with Crippen LogP contribution in [0.2, 0.25) is 0 Å². The Bertz CT molecular complexity index is 862. The second-order valence-electron chi connectivity index (χ2n) is 6.85. The smallest absolute Gasteiger partial charge is 0.191 e. The van der Waals surface area contributed by atoms with Crippen molar-refractivity contribution in [1.29, 1.82) is 15.8 Å². The van der Waals surface area contributed by atoms with Gasteiger partial charge in [-0.25, -0.2) is 0 Å². The molecule has 1 aliphatic carbocycles. The van der Waals surface area contributed by atoms with Crippen molar-refractivity contribution in [3.8, 4) is 18.2 Å². The molecule has 5 nitrogen and oxygen atoms in total. The fourth-order valence-electron chi connectivity index (χ4n) is 4.28. The average Bonchev–Trinajstić information content (AvgIpc) is 2.68. The molecule has 2 N–H and O–H groups in total.